The van der Waals surface area contributed by atoms with Crippen LogP contribution in [-0.2, 0) is 16.9 Å². The summed E-state index contributed by atoms with van der Waals surface area (Å²) in [5, 5.41) is 3.30. The number of aromatic nitrogens is 2. The van der Waals surface area contributed by atoms with Crippen molar-refractivity contribution in [2.45, 2.75) is 26.0 Å². The Kier molecular flexibility index (Phi) is 3.69. The summed E-state index contributed by atoms with van der Waals surface area (Å²) < 4.78 is 11.1. The van der Waals surface area contributed by atoms with E-state index in [0.29, 0.717) is 13.2 Å². The van der Waals surface area contributed by atoms with Gasteiger partial charge in [-0.3, -0.25) is 0 Å². The number of aromatic amines is 1. The van der Waals surface area contributed by atoms with Gasteiger partial charge < -0.3 is 19.8 Å². The van der Waals surface area contributed by atoms with Gasteiger partial charge in [0, 0.05) is 19.2 Å². The van der Waals surface area contributed by atoms with Crippen molar-refractivity contribution < 1.29 is 9.47 Å². The Balaban J connectivity index is 1.89. The van der Waals surface area contributed by atoms with Crippen LogP contribution in [0.5, 0.6) is 5.75 Å². The molecule has 0 saturated heterocycles. The minimum Gasteiger partial charge on any atom is -0.481 e. The summed E-state index contributed by atoms with van der Waals surface area (Å²) in [6.45, 7) is 6.30. The summed E-state index contributed by atoms with van der Waals surface area (Å²) in [4.78, 5) is 8.15. The van der Waals surface area contributed by atoms with Crippen molar-refractivity contribution in [2.24, 2.45) is 0 Å². The van der Waals surface area contributed by atoms with E-state index in [1.165, 1.54) is 0 Å². The quantitative estimate of drug-likeness (QED) is 0.829. The van der Waals surface area contributed by atoms with E-state index >= 15 is 0 Å². The van der Waals surface area contributed by atoms with Gasteiger partial charge in [0.05, 0.1) is 24.5 Å². The fraction of sp³-hybridized carbons (Fsp3) is 0.438. The third-order valence-corrected chi connectivity index (χ3v) is 3.64. The number of benzene rings is 1. The van der Waals surface area contributed by atoms with Crippen LogP contribution in [0.1, 0.15) is 25.4 Å². The van der Waals surface area contributed by atoms with Crippen LogP contribution in [-0.4, -0.2) is 30.2 Å². The van der Waals surface area contributed by atoms with E-state index in [1.54, 1.807) is 7.11 Å². The van der Waals surface area contributed by atoms with Crippen LogP contribution < -0.4 is 10.1 Å². The Morgan fingerprint density at radius 3 is 2.95 bits per heavy atom. The van der Waals surface area contributed by atoms with E-state index in [-0.39, 0.29) is 0 Å². The van der Waals surface area contributed by atoms with Crippen LogP contribution in [0.2, 0.25) is 0 Å². The number of ether oxygens (including phenoxy) is 2. The van der Waals surface area contributed by atoms with Gasteiger partial charge in [-0.2, -0.15) is 0 Å². The molecule has 0 saturated carbocycles. The van der Waals surface area contributed by atoms with Crippen molar-refractivity contribution in [3.63, 3.8) is 0 Å². The maximum atomic E-state index is 6.09. The number of methoxy groups -OCH3 is 1. The third kappa shape index (κ3) is 2.66. The highest BCUT2D eigenvalue weighted by atomic mass is 16.5. The Labute approximate surface area is 124 Å². The minimum absolute atomic E-state index is 0.401. The molecule has 5 nitrogen and oxygen atoms in total. The van der Waals surface area contributed by atoms with Crippen LogP contribution in [0.3, 0.4) is 0 Å². The second-order valence-corrected chi connectivity index (χ2v) is 5.69. The summed E-state index contributed by atoms with van der Waals surface area (Å²) in [5.74, 6) is 1.81. The zero-order valence-corrected chi connectivity index (χ0v) is 12.7. The molecular formula is C16H21N3O2. The first-order valence-corrected chi connectivity index (χ1v) is 7.19. The Morgan fingerprint density at radius 2 is 2.14 bits per heavy atom. The van der Waals surface area contributed by atoms with Gasteiger partial charge >= 0.3 is 0 Å². The monoisotopic (exact) mass is 287 g/mol. The van der Waals surface area contributed by atoms with Crippen molar-refractivity contribution in [2.75, 3.05) is 20.3 Å². The molecule has 112 valence electrons. The molecule has 1 aromatic heterocycles. The fourth-order valence-corrected chi connectivity index (χ4v) is 2.59. The number of hydrogen-bond donors (Lipinski definition) is 2. The molecule has 0 fully saturated rings. The van der Waals surface area contributed by atoms with Gasteiger partial charge in [0.2, 0.25) is 0 Å². The van der Waals surface area contributed by atoms with Crippen LogP contribution >= 0.6 is 0 Å². The zero-order chi connectivity index (χ0) is 14.9. The maximum Gasteiger partial charge on any atom is 0.145 e. The molecule has 0 unspecified atom stereocenters. The summed E-state index contributed by atoms with van der Waals surface area (Å²) in [6, 6.07) is 8.03. The SMILES string of the molecule is COCCNCc1nc2c([nH]1)C(C)(C)Oc1ccccc1-2. The van der Waals surface area contributed by atoms with Crippen molar-refractivity contribution in [1.29, 1.82) is 0 Å². The Bertz CT molecular complexity index is 634. The number of rotatable bonds is 5. The fourth-order valence-electron chi connectivity index (χ4n) is 2.59. The number of nitrogens with zero attached hydrogens (tertiary/aromatic N) is 1. The van der Waals surface area contributed by atoms with E-state index in [2.05, 4.69) is 24.1 Å². The molecule has 1 aromatic carbocycles. The van der Waals surface area contributed by atoms with Gasteiger partial charge in [0.15, 0.2) is 0 Å². The standard InChI is InChI=1S/C16H21N3O2/c1-16(2)15-14(11-6-4-5-7-12(11)21-16)18-13(19-15)10-17-8-9-20-3/h4-7,17H,8-10H2,1-3H3,(H,18,19). The normalized spacial score (nSPS) is 15.2. The molecule has 1 aliphatic heterocycles. The number of imidazole rings is 1. The van der Waals surface area contributed by atoms with E-state index in [0.717, 1.165) is 35.1 Å². The minimum atomic E-state index is -0.401. The topological polar surface area (TPSA) is 59.2 Å². The molecule has 21 heavy (non-hydrogen) atoms. The molecule has 1 aliphatic rings. The first-order chi connectivity index (χ1) is 10.1. The van der Waals surface area contributed by atoms with Crippen molar-refractivity contribution in [1.82, 2.24) is 15.3 Å². The lowest BCUT2D eigenvalue weighted by Gasteiger charge is -2.31. The molecule has 0 amide bonds. The first-order valence-electron chi connectivity index (χ1n) is 7.19. The Morgan fingerprint density at radius 1 is 1.33 bits per heavy atom. The summed E-state index contributed by atoms with van der Waals surface area (Å²) in [7, 11) is 1.70. The molecule has 0 atom stereocenters. The number of para-hydroxylation sites is 1. The van der Waals surface area contributed by atoms with Crippen LogP contribution in [0.15, 0.2) is 24.3 Å². The van der Waals surface area contributed by atoms with Gasteiger partial charge in [-0.1, -0.05) is 12.1 Å². The second kappa shape index (κ2) is 5.50. The Hall–Kier alpha value is -1.85. The second-order valence-electron chi connectivity index (χ2n) is 5.69. The molecule has 5 heteroatoms. The van der Waals surface area contributed by atoms with E-state index in [4.69, 9.17) is 14.5 Å². The average Bonchev–Trinajstić information content (AvgIpc) is 2.89. The number of hydrogen-bond acceptors (Lipinski definition) is 4. The van der Waals surface area contributed by atoms with Crippen molar-refractivity contribution in [3.8, 4) is 17.0 Å². The summed E-state index contributed by atoms with van der Waals surface area (Å²) in [6.07, 6.45) is 0. The molecule has 0 spiro atoms. The van der Waals surface area contributed by atoms with Gasteiger partial charge in [0.25, 0.3) is 0 Å². The molecular weight excluding hydrogens is 266 g/mol. The third-order valence-electron chi connectivity index (χ3n) is 3.64. The van der Waals surface area contributed by atoms with Crippen LogP contribution in [0, 0.1) is 0 Å². The highest BCUT2D eigenvalue weighted by Gasteiger charge is 2.35. The maximum absolute atomic E-state index is 6.09. The van der Waals surface area contributed by atoms with E-state index in [9.17, 15) is 0 Å². The van der Waals surface area contributed by atoms with Gasteiger partial charge in [-0.15, -0.1) is 0 Å². The molecule has 0 radical (unpaired) electrons. The predicted octanol–water partition coefficient (Wildman–Crippen LogP) is 2.44. The molecule has 2 aromatic rings. The number of fused-ring (bicyclic) bond motifs is 3. The largest absolute Gasteiger partial charge is 0.481 e. The van der Waals surface area contributed by atoms with Crippen molar-refractivity contribution in [3.05, 3.63) is 35.8 Å². The average molecular weight is 287 g/mol. The highest BCUT2D eigenvalue weighted by Crippen LogP contribution is 2.43. The molecule has 2 N–H and O–H groups in total. The van der Waals surface area contributed by atoms with E-state index in [1.807, 2.05) is 24.3 Å². The summed E-state index contributed by atoms with van der Waals surface area (Å²) in [5.41, 5.74) is 2.67. The lowest BCUT2D eigenvalue weighted by molar-refractivity contribution is 0.101. The molecule has 3 rings (SSSR count). The van der Waals surface area contributed by atoms with Gasteiger partial charge in [0.1, 0.15) is 17.2 Å². The smallest absolute Gasteiger partial charge is 0.145 e. The molecule has 0 aliphatic carbocycles. The molecule has 2 heterocycles. The molecule has 0 bridgehead atoms. The van der Waals surface area contributed by atoms with Gasteiger partial charge in [-0.05, 0) is 26.0 Å². The first kappa shape index (κ1) is 14.1. The van der Waals surface area contributed by atoms with Gasteiger partial charge in [-0.25, -0.2) is 4.98 Å². The zero-order valence-electron chi connectivity index (χ0n) is 12.7. The van der Waals surface area contributed by atoms with Crippen molar-refractivity contribution >= 4 is 0 Å². The predicted molar refractivity (Wildman–Crippen MR) is 81.3 cm³/mol. The number of H-pyrrole nitrogens is 1. The lowest BCUT2D eigenvalue weighted by atomic mass is 9.95. The highest BCUT2D eigenvalue weighted by molar-refractivity contribution is 5.72. The van der Waals surface area contributed by atoms with Crippen LogP contribution in [0.25, 0.3) is 11.3 Å². The number of nitrogens with one attached hydrogen (secondary N) is 2. The van der Waals surface area contributed by atoms with Crippen LogP contribution in [0.4, 0.5) is 0 Å². The summed E-state index contributed by atoms with van der Waals surface area (Å²) >= 11 is 0. The lowest BCUT2D eigenvalue weighted by Crippen LogP contribution is -2.29. The van der Waals surface area contributed by atoms with E-state index < -0.39 is 5.60 Å².